The molecule has 1 aromatic rings. The van der Waals surface area contributed by atoms with Crippen LogP contribution in [0.15, 0.2) is 4.21 Å². The van der Waals surface area contributed by atoms with Crippen LogP contribution in [-0.4, -0.2) is 37.3 Å². The number of rotatable bonds is 3. The van der Waals surface area contributed by atoms with Crippen LogP contribution in [0.1, 0.15) is 23.5 Å². The highest BCUT2D eigenvalue weighted by atomic mass is 35.5. The quantitative estimate of drug-likeness (QED) is 0.914. The van der Waals surface area contributed by atoms with Crippen molar-refractivity contribution in [1.82, 2.24) is 9.29 Å². The first-order chi connectivity index (χ1) is 8.45. The second kappa shape index (κ2) is 6.49. The maximum absolute atomic E-state index is 12.5. The van der Waals surface area contributed by atoms with Crippen LogP contribution in [0.25, 0.3) is 0 Å². The van der Waals surface area contributed by atoms with E-state index < -0.39 is 10.0 Å². The third-order valence-electron chi connectivity index (χ3n) is 3.34. The fourth-order valence-electron chi connectivity index (χ4n) is 2.25. The maximum atomic E-state index is 12.5. The van der Waals surface area contributed by atoms with Gasteiger partial charge in [0.05, 0.1) is 10.7 Å². The molecule has 2 rings (SSSR count). The highest BCUT2D eigenvalue weighted by Crippen LogP contribution is 2.29. The number of aromatic nitrogens is 1. The van der Waals surface area contributed by atoms with E-state index in [4.69, 9.17) is 5.73 Å². The molecule has 0 aromatic carbocycles. The van der Waals surface area contributed by atoms with Gasteiger partial charge in [-0.15, -0.1) is 23.7 Å². The summed E-state index contributed by atoms with van der Waals surface area (Å²) in [5.41, 5.74) is 6.23. The smallest absolute Gasteiger partial charge is 0.254 e. The first-order valence-corrected chi connectivity index (χ1v) is 8.35. The van der Waals surface area contributed by atoms with Crippen LogP contribution >= 0.6 is 23.7 Å². The SMILES string of the molecule is Cc1nc(C)c(S(=O)(=O)N2CCC(CN)CC2)s1.Cl. The fraction of sp³-hybridized carbons (Fsp3) is 0.727. The molecule has 1 aliphatic heterocycles. The van der Waals surface area contributed by atoms with Gasteiger partial charge in [0.2, 0.25) is 0 Å². The third-order valence-corrected chi connectivity index (χ3v) is 6.90. The summed E-state index contributed by atoms with van der Waals surface area (Å²) in [6, 6.07) is 0. The number of aryl methyl sites for hydroxylation is 2. The Kier molecular flexibility index (Phi) is 5.76. The molecule has 8 heteroatoms. The number of sulfonamides is 1. The van der Waals surface area contributed by atoms with E-state index in [-0.39, 0.29) is 12.4 Å². The molecule has 0 bridgehead atoms. The molecule has 0 spiro atoms. The van der Waals surface area contributed by atoms with Crippen LogP contribution < -0.4 is 5.73 Å². The number of hydrogen-bond acceptors (Lipinski definition) is 5. The van der Waals surface area contributed by atoms with E-state index in [1.165, 1.54) is 11.3 Å². The van der Waals surface area contributed by atoms with Crippen molar-refractivity contribution in [2.45, 2.75) is 30.9 Å². The Hall–Kier alpha value is -0.210. The second-order valence-corrected chi connectivity index (χ2v) is 8.03. The molecule has 0 saturated carbocycles. The van der Waals surface area contributed by atoms with Crippen LogP contribution in [-0.2, 0) is 10.0 Å². The van der Waals surface area contributed by atoms with Gasteiger partial charge >= 0.3 is 0 Å². The Bertz CT molecular complexity index is 522. The summed E-state index contributed by atoms with van der Waals surface area (Å²) in [6.07, 6.45) is 1.71. The zero-order chi connectivity index (χ0) is 13.3. The minimum absolute atomic E-state index is 0. The minimum Gasteiger partial charge on any atom is -0.330 e. The van der Waals surface area contributed by atoms with Gasteiger partial charge in [-0.05, 0) is 39.2 Å². The molecular formula is C11H20ClN3O2S2. The minimum atomic E-state index is -3.35. The van der Waals surface area contributed by atoms with E-state index in [1.54, 1.807) is 11.2 Å². The standard InChI is InChI=1S/C11H19N3O2S2.ClH/c1-8-11(17-9(2)13-8)18(15,16)14-5-3-10(7-12)4-6-14;/h10H,3-7,12H2,1-2H3;1H. The summed E-state index contributed by atoms with van der Waals surface area (Å²) in [7, 11) is -3.35. The zero-order valence-electron chi connectivity index (χ0n) is 11.1. The summed E-state index contributed by atoms with van der Waals surface area (Å²) in [5.74, 6) is 0.459. The van der Waals surface area contributed by atoms with Crippen molar-refractivity contribution >= 4 is 33.8 Å². The van der Waals surface area contributed by atoms with Crippen molar-refractivity contribution in [3.63, 3.8) is 0 Å². The Morgan fingerprint density at radius 1 is 1.37 bits per heavy atom. The first-order valence-electron chi connectivity index (χ1n) is 6.09. The molecule has 19 heavy (non-hydrogen) atoms. The summed E-state index contributed by atoms with van der Waals surface area (Å²) in [6.45, 7) is 5.37. The largest absolute Gasteiger partial charge is 0.330 e. The number of halogens is 1. The number of piperidine rings is 1. The molecule has 0 amide bonds. The van der Waals surface area contributed by atoms with E-state index in [0.29, 0.717) is 35.5 Å². The highest BCUT2D eigenvalue weighted by molar-refractivity contribution is 7.91. The number of nitrogens with two attached hydrogens (primary N) is 1. The summed E-state index contributed by atoms with van der Waals surface area (Å²) >= 11 is 1.26. The van der Waals surface area contributed by atoms with E-state index >= 15 is 0 Å². The van der Waals surface area contributed by atoms with Crippen LogP contribution in [0, 0.1) is 19.8 Å². The van der Waals surface area contributed by atoms with Gasteiger partial charge in [-0.1, -0.05) is 0 Å². The average Bonchev–Trinajstić information content (AvgIpc) is 2.69. The molecule has 2 N–H and O–H groups in total. The van der Waals surface area contributed by atoms with Crippen LogP contribution in [0.2, 0.25) is 0 Å². The van der Waals surface area contributed by atoms with Crippen molar-refractivity contribution < 1.29 is 8.42 Å². The Morgan fingerprint density at radius 3 is 2.37 bits per heavy atom. The molecule has 110 valence electrons. The van der Waals surface area contributed by atoms with E-state index in [9.17, 15) is 8.42 Å². The lowest BCUT2D eigenvalue weighted by molar-refractivity contribution is 0.279. The van der Waals surface area contributed by atoms with Gasteiger partial charge in [-0.3, -0.25) is 0 Å². The molecular weight excluding hydrogens is 306 g/mol. The fourth-order valence-corrected chi connectivity index (χ4v) is 5.34. The third kappa shape index (κ3) is 3.46. The molecule has 0 aliphatic carbocycles. The lowest BCUT2D eigenvalue weighted by Crippen LogP contribution is -2.39. The number of nitrogens with zero attached hydrogens (tertiary/aromatic N) is 2. The summed E-state index contributed by atoms with van der Waals surface area (Å²) < 4.78 is 26.9. The monoisotopic (exact) mass is 325 g/mol. The van der Waals surface area contributed by atoms with Crippen LogP contribution in [0.5, 0.6) is 0 Å². The Balaban J connectivity index is 0.00000180. The highest BCUT2D eigenvalue weighted by Gasteiger charge is 2.31. The van der Waals surface area contributed by atoms with Gasteiger partial charge in [0, 0.05) is 13.1 Å². The average molecular weight is 326 g/mol. The van der Waals surface area contributed by atoms with Gasteiger partial charge in [0.25, 0.3) is 10.0 Å². The van der Waals surface area contributed by atoms with E-state index in [2.05, 4.69) is 4.98 Å². The van der Waals surface area contributed by atoms with Gasteiger partial charge in [0.1, 0.15) is 0 Å². The molecule has 2 heterocycles. The van der Waals surface area contributed by atoms with Crippen LogP contribution in [0.3, 0.4) is 0 Å². The molecule has 1 aliphatic rings. The Morgan fingerprint density at radius 2 is 1.95 bits per heavy atom. The maximum Gasteiger partial charge on any atom is 0.254 e. The van der Waals surface area contributed by atoms with E-state index in [0.717, 1.165) is 17.8 Å². The second-order valence-electron chi connectivity index (χ2n) is 4.69. The van der Waals surface area contributed by atoms with Crippen molar-refractivity contribution in [1.29, 1.82) is 0 Å². The van der Waals surface area contributed by atoms with Gasteiger partial charge in [0.15, 0.2) is 4.21 Å². The predicted octanol–water partition coefficient (Wildman–Crippen LogP) is 1.54. The van der Waals surface area contributed by atoms with Gasteiger partial charge in [-0.2, -0.15) is 4.31 Å². The molecule has 1 fully saturated rings. The topological polar surface area (TPSA) is 76.3 Å². The zero-order valence-corrected chi connectivity index (χ0v) is 13.6. The molecule has 0 atom stereocenters. The molecule has 0 unspecified atom stereocenters. The molecule has 1 aromatic heterocycles. The summed E-state index contributed by atoms with van der Waals surface area (Å²) in [4.78, 5) is 4.20. The van der Waals surface area contributed by atoms with E-state index in [1.807, 2.05) is 6.92 Å². The lowest BCUT2D eigenvalue weighted by Gasteiger charge is -2.30. The van der Waals surface area contributed by atoms with Crippen molar-refractivity contribution in [3.05, 3.63) is 10.7 Å². The normalized spacial score (nSPS) is 18.3. The molecule has 0 radical (unpaired) electrons. The predicted molar refractivity (Wildman–Crippen MR) is 79.4 cm³/mol. The number of thiazole rings is 1. The lowest BCUT2D eigenvalue weighted by atomic mass is 9.99. The molecule has 5 nitrogen and oxygen atoms in total. The Labute approximate surface area is 124 Å². The molecule has 1 saturated heterocycles. The van der Waals surface area contributed by atoms with Crippen LogP contribution in [0.4, 0.5) is 0 Å². The van der Waals surface area contributed by atoms with Gasteiger partial charge < -0.3 is 5.73 Å². The number of hydrogen-bond donors (Lipinski definition) is 1. The first kappa shape index (κ1) is 16.8. The van der Waals surface area contributed by atoms with Crippen molar-refractivity contribution in [2.24, 2.45) is 11.7 Å². The van der Waals surface area contributed by atoms with Crippen molar-refractivity contribution in [2.75, 3.05) is 19.6 Å². The summed E-state index contributed by atoms with van der Waals surface area (Å²) in [5, 5.41) is 0.794. The van der Waals surface area contributed by atoms with Crippen molar-refractivity contribution in [3.8, 4) is 0 Å². The van der Waals surface area contributed by atoms with Gasteiger partial charge in [-0.25, -0.2) is 13.4 Å².